The first-order valence-corrected chi connectivity index (χ1v) is 9.32. The van der Waals surface area contributed by atoms with Crippen molar-refractivity contribution in [1.29, 1.82) is 0 Å². The molecule has 4 rings (SSSR count). The number of rotatable bonds is 5. The lowest BCUT2D eigenvalue weighted by atomic mass is 9.95. The molecule has 1 N–H and O–H groups in total. The number of nitrogens with one attached hydrogen (secondary N) is 1. The molecule has 1 aliphatic rings. The van der Waals surface area contributed by atoms with Crippen LogP contribution in [0.2, 0.25) is 5.02 Å². The Morgan fingerprint density at radius 2 is 2.12 bits per heavy atom. The fourth-order valence-corrected chi connectivity index (χ4v) is 3.60. The second-order valence-corrected chi connectivity index (χ2v) is 7.11. The van der Waals surface area contributed by atoms with Crippen LogP contribution in [0.1, 0.15) is 48.3 Å². The number of carbonyl (C=O) groups is 1. The SMILES string of the molecule is O=C(Cc1nc2cc(Cl)cc(NC3CCCCC3)n2n1)c1cccnc1. The van der Waals surface area contributed by atoms with Gasteiger partial charge in [-0.15, -0.1) is 5.10 Å². The van der Waals surface area contributed by atoms with E-state index in [1.54, 1.807) is 35.1 Å². The predicted octanol–water partition coefficient (Wildman–Crippen LogP) is 3.95. The highest BCUT2D eigenvalue weighted by molar-refractivity contribution is 6.31. The van der Waals surface area contributed by atoms with Crippen LogP contribution in [0.3, 0.4) is 0 Å². The number of pyridine rings is 2. The van der Waals surface area contributed by atoms with Crippen molar-refractivity contribution in [2.75, 3.05) is 5.32 Å². The maximum absolute atomic E-state index is 12.4. The summed E-state index contributed by atoms with van der Waals surface area (Å²) in [6.07, 6.45) is 9.41. The van der Waals surface area contributed by atoms with Crippen LogP contribution in [0.5, 0.6) is 0 Å². The molecular weight excluding hydrogens is 350 g/mol. The first-order chi connectivity index (χ1) is 12.7. The Kier molecular flexibility index (Phi) is 4.84. The average molecular weight is 370 g/mol. The third-order valence-electron chi connectivity index (χ3n) is 4.71. The van der Waals surface area contributed by atoms with Crippen molar-refractivity contribution in [3.05, 3.63) is 53.1 Å². The Morgan fingerprint density at radius 1 is 1.27 bits per heavy atom. The molecule has 0 aliphatic heterocycles. The van der Waals surface area contributed by atoms with Crippen LogP contribution < -0.4 is 5.32 Å². The van der Waals surface area contributed by atoms with Gasteiger partial charge in [0.15, 0.2) is 17.3 Å². The molecule has 0 amide bonds. The van der Waals surface area contributed by atoms with Gasteiger partial charge in [0.2, 0.25) is 0 Å². The molecule has 1 fully saturated rings. The molecule has 134 valence electrons. The molecule has 0 saturated heterocycles. The molecule has 3 aromatic heterocycles. The van der Waals surface area contributed by atoms with Gasteiger partial charge in [0.05, 0.1) is 6.42 Å². The molecule has 0 spiro atoms. The number of aromatic nitrogens is 4. The Bertz CT molecular complexity index is 918. The summed E-state index contributed by atoms with van der Waals surface area (Å²) in [5.74, 6) is 1.25. The molecule has 0 bridgehead atoms. The highest BCUT2D eigenvalue weighted by atomic mass is 35.5. The Morgan fingerprint density at radius 3 is 2.88 bits per heavy atom. The number of anilines is 1. The van der Waals surface area contributed by atoms with Crippen LogP contribution in [0, 0.1) is 0 Å². The molecule has 7 heteroatoms. The summed E-state index contributed by atoms with van der Waals surface area (Å²) in [5.41, 5.74) is 1.20. The van der Waals surface area contributed by atoms with Gasteiger partial charge in [-0.05, 0) is 31.0 Å². The van der Waals surface area contributed by atoms with E-state index in [-0.39, 0.29) is 12.2 Å². The third-order valence-corrected chi connectivity index (χ3v) is 4.92. The molecule has 0 radical (unpaired) electrons. The lowest BCUT2D eigenvalue weighted by molar-refractivity contribution is 0.0990. The van der Waals surface area contributed by atoms with Gasteiger partial charge in [-0.2, -0.15) is 4.52 Å². The van der Waals surface area contributed by atoms with Gasteiger partial charge in [0.25, 0.3) is 0 Å². The highest BCUT2D eigenvalue weighted by Gasteiger charge is 2.17. The van der Waals surface area contributed by atoms with Crippen LogP contribution in [-0.2, 0) is 6.42 Å². The molecule has 0 aromatic carbocycles. The summed E-state index contributed by atoms with van der Waals surface area (Å²) < 4.78 is 1.74. The lowest BCUT2D eigenvalue weighted by Crippen LogP contribution is -2.23. The normalized spacial score (nSPS) is 15.3. The van der Waals surface area contributed by atoms with Crippen LogP contribution in [-0.4, -0.2) is 31.4 Å². The number of hydrogen-bond acceptors (Lipinski definition) is 5. The first kappa shape index (κ1) is 17.0. The van der Waals surface area contributed by atoms with Gasteiger partial charge in [-0.1, -0.05) is 30.9 Å². The topological polar surface area (TPSA) is 72.2 Å². The van der Waals surface area contributed by atoms with Crippen molar-refractivity contribution < 1.29 is 4.79 Å². The molecule has 3 aromatic rings. The first-order valence-electron chi connectivity index (χ1n) is 8.94. The van der Waals surface area contributed by atoms with E-state index in [4.69, 9.17) is 11.6 Å². The minimum absolute atomic E-state index is 0.0538. The van der Waals surface area contributed by atoms with Gasteiger partial charge in [-0.3, -0.25) is 9.78 Å². The number of nitrogens with zero attached hydrogens (tertiary/aromatic N) is 4. The average Bonchev–Trinajstić information content (AvgIpc) is 3.05. The monoisotopic (exact) mass is 369 g/mol. The van der Waals surface area contributed by atoms with Crippen molar-refractivity contribution in [2.24, 2.45) is 0 Å². The van der Waals surface area contributed by atoms with E-state index < -0.39 is 0 Å². The van der Waals surface area contributed by atoms with Gasteiger partial charge in [0, 0.05) is 35.1 Å². The number of hydrogen-bond donors (Lipinski definition) is 1. The van der Waals surface area contributed by atoms with Crippen LogP contribution in [0.25, 0.3) is 5.65 Å². The predicted molar refractivity (Wildman–Crippen MR) is 101 cm³/mol. The standard InChI is InChI=1S/C19H20ClN5O/c20-14-9-18(22-15-6-2-1-3-7-15)25-19(10-14)23-17(24-25)11-16(26)13-5-4-8-21-12-13/h4-5,8-10,12,15,22H,1-3,6-7,11H2. The summed E-state index contributed by atoms with van der Waals surface area (Å²) in [6, 6.07) is 7.55. The Balaban J connectivity index is 1.59. The Labute approximate surface area is 156 Å². The minimum atomic E-state index is -0.0538. The van der Waals surface area contributed by atoms with Gasteiger partial charge >= 0.3 is 0 Å². The fourth-order valence-electron chi connectivity index (χ4n) is 3.40. The molecule has 6 nitrogen and oxygen atoms in total. The Hall–Kier alpha value is -2.47. The van der Waals surface area contributed by atoms with Gasteiger partial charge < -0.3 is 5.32 Å². The van der Waals surface area contributed by atoms with E-state index in [0.29, 0.717) is 28.1 Å². The molecule has 0 unspecified atom stereocenters. The zero-order valence-electron chi connectivity index (χ0n) is 14.4. The summed E-state index contributed by atoms with van der Waals surface area (Å²) in [5, 5.41) is 8.68. The van der Waals surface area contributed by atoms with Crippen molar-refractivity contribution in [3.63, 3.8) is 0 Å². The third kappa shape index (κ3) is 3.70. The maximum atomic E-state index is 12.4. The number of carbonyl (C=O) groups excluding carboxylic acids is 1. The number of halogens is 1. The van der Waals surface area contributed by atoms with E-state index in [1.165, 1.54) is 19.3 Å². The van der Waals surface area contributed by atoms with Crippen molar-refractivity contribution in [2.45, 2.75) is 44.6 Å². The molecule has 1 saturated carbocycles. The summed E-state index contributed by atoms with van der Waals surface area (Å²) >= 11 is 6.26. The smallest absolute Gasteiger partial charge is 0.172 e. The van der Waals surface area contributed by atoms with E-state index in [0.717, 1.165) is 18.7 Å². The summed E-state index contributed by atoms with van der Waals surface area (Å²) in [6.45, 7) is 0. The molecule has 1 aliphatic carbocycles. The van der Waals surface area contributed by atoms with Gasteiger partial charge in [-0.25, -0.2) is 4.98 Å². The van der Waals surface area contributed by atoms with E-state index in [9.17, 15) is 4.79 Å². The molecule has 0 atom stereocenters. The molecule has 3 heterocycles. The second kappa shape index (κ2) is 7.41. The zero-order chi connectivity index (χ0) is 17.9. The minimum Gasteiger partial charge on any atom is -0.367 e. The summed E-state index contributed by atoms with van der Waals surface area (Å²) in [4.78, 5) is 20.9. The van der Waals surface area contributed by atoms with Crippen LogP contribution >= 0.6 is 11.6 Å². The van der Waals surface area contributed by atoms with Crippen LogP contribution in [0.4, 0.5) is 5.82 Å². The van der Waals surface area contributed by atoms with Crippen molar-refractivity contribution in [3.8, 4) is 0 Å². The fraction of sp³-hybridized carbons (Fsp3) is 0.368. The number of Topliss-reactive ketones (excluding diaryl/α,β-unsaturated/α-hetero) is 1. The number of fused-ring (bicyclic) bond motifs is 1. The van der Waals surface area contributed by atoms with E-state index in [1.807, 2.05) is 6.07 Å². The maximum Gasteiger partial charge on any atom is 0.172 e. The molecule has 26 heavy (non-hydrogen) atoms. The van der Waals surface area contributed by atoms with Gasteiger partial charge in [0.1, 0.15) is 5.82 Å². The van der Waals surface area contributed by atoms with E-state index in [2.05, 4.69) is 20.4 Å². The lowest BCUT2D eigenvalue weighted by Gasteiger charge is -2.24. The zero-order valence-corrected chi connectivity index (χ0v) is 15.1. The second-order valence-electron chi connectivity index (χ2n) is 6.68. The summed E-state index contributed by atoms with van der Waals surface area (Å²) in [7, 11) is 0. The number of ketones is 1. The molecular formula is C19H20ClN5O. The van der Waals surface area contributed by atoms with Crippen molar-refractivity contribution in [1.82, 2.24) is 19.6 Å². The quantitative estimate of drug-likeness (QED) is 0.689. The largest absolute Gasteiger partial charge is 0.367 e. The van der Waals surface area contributed by atoms with Crippen LogP contribution in [0.15, 0.2) is 36.7 Å². The van der Waals surface area contributed by atoms with Crippen molar-refractivity contribution >= 4 is 28.8 Å². The van der Waals surface area contributed by atoms with E-state index >= 15 is 0 Å². The highest BCUT2D eigenvalue weighted by Crippen LogP contribution is 2.24.